The maximum Gasteiger partial charge on any atom is 0.179 e. The molecule has 65 valence electrons. The van der Waals surface area contributed by atoms with Gasteiger partial charge in [0.1, 0.15) is 5.75 Å². The Morgan fingerprint density at radius 1 is 1.25 bits per heavy atom. The summed E-state index contributed by atoms with van der Waals surface area (Å²) in [4.78, 5) is 0. The highest BCUT2D eigenvalue weighted by Crippen LogP contribution is 2.32. The smallest absolute Gasteiger partial charge is 0.179 e. The predicted molar refractivity (Wildman–Crippen MR) is 46.9 cm³/mol. The molecule has 1 N–H and O–H groups in total. The van der Waals surface area contributed by atoms with Crippen LogP contribution in [-0.2, 0) is 10.5 Å². The highest BCUT2D eigenvalue weighted by atomic mass is 16.3. The summed E-state index contributed by atoms with van der Waals surface area (Å²) >= 11 is 0. The van der Waals surface area contributed by atoms with Gasteiger partial charge in [0.15, 0.2) is 5.75 Å². The van der Waals surface area contributed by atoms with Crippen LogP contribution >= 0.6 is 0 Å². The number of aromatic hydroxyl groups is 1. The van der Waals surface area contributed by atoms with Crippen molar-refractivity contribution in [1.29, 1.82) is 0 Å². The SMILES string of the molecule is CC(C)(C)c1cc([O])ccc1O. The van der Waals surface area contributed by atoms with E-state index in [2.05, 4.69) is 0 Å². The lowest BCUT2D eigenvalue weighted by molar-refractivity contribution is 0.350. The molecule has 1 aromatic rings. The van der Waals surface area contributed by atoms with Crippen LogP contribution in [0.1, 0.15) is 26.3 Å². The minimum Gasteiger partial charge on any atom is -0.508 e. The minimum absolute atomic E-state index is 0.0577. The van der Waals surface area contributed by atoms with Gasteiger partial charge in [-0.25, -0.2) is 0 Å². The lowest BCUT2D eigenvalue weighted by atomic mass is 9.86. The average molecular weight is 165 g/mol. The van der Waals surface area contributed by atoms with Crippen molar-refractivity contribution in [3.05, 3.63) is 23.8 Å². The van der Waals surface area contributed by atoms with Crippen molar-refractivity contribution in [2.75, 3.05) is 0 Å². The van der Waals surface area contributed by atoms with E-state index in [1.807, 2.05) is 20.8 Å². The van der Waals surface area contributed by atoms with E-state index in [-0.39, 0.29) is 16.9 Å². The van der Waals surface area contributed by atoms with Gasteiger partial charge in [0.2, 0.25) is 0 Å². The van der Waals surface area contributed by atoms with Gasteiger partial charge in [-0.15, -0.1) is 0 Å². The highest BCUT2D eigenvalue weighted by molar-refractivity contribution is 5.42. The van der Waals surface area contributed by atoms with E-state index in [1.54, 1.807) is 0 Å². The Morgan fingerprint density at radius 2 is 1.83 bits per heavy atom. The molecule has 0 heterocycles. The monoisotopic (exact) mass is 165 g/mol. The van der Waals surface area contributed by atoms with Crippen LogP contribution in [0.25, 0.3) is 0 Å². The molecule has 12 heavy (non-hydrogen) atoms. The summed E-state index contributed by atoms with van der Waals surface area (Å²) in [5.41, 5.74) is 0.528. The number of phenols is 1. The van der Waals surface area contributed by atoms with Gasteiger partial charge in [-0.1, -0.05) is 20.8 Å². The third kappa shape index (κ3) is 1.70. The molecule has 0 aliphatic rings. The van der Waals surface area contributed by atoms with Crippen LogP contribution in [-0.4, -0.2) is 5.11 Å². The van der Waals surface area contributed by atoms with Crippen LogP contribution in [0.15, 0.2) is 18.2 Å². The fourth-order valence-corrected chi connectivity index (χ4v) is 1.12. The molecule has 0 unspecified atom stereocenters. The van der Waals surface area contributed by atoms with E-state index in [1.165, 1.54) is 18.2 Å². The molecule has 0 bridgehead atoms. The first-order chi connectivity index (χ1) is 5.41. The summed E-state index contributed by atoms with van der Waals surface area (Å²) in [5.74, 6) is 0.139. The quantitative estimate of drug-likeness (QED) is 0.630. The molecule has 1 rings (SSSR count). The molecule has 2 heteroatoms. The molecule has 0 atom stereocenters. The second-order valence-electron chi connectivity index (χ2n) is 3.93. The van der Waals surface area contributed by atoms with E-state index in [0.717, 1.165) is 0 Å². The Morgan fingerprint density at radius 3 is 2.25 bits per heavy atom. The van der Waals surface area contributed by atoms with Gasteiger partial charge in [-0.05, 0) is 23.6 Å². The number of rotatable bonds is 0. The maximum absolute atomic E-state index is 11.0. The van der Waals surface area contributed by atoms with Crippen LogP contribution in [0.4, 0.5) is 0 Å². The van der Waals surface area contributed by atoms with Crippen LogP contribution < -0.4 is 0 Å². The highest BCUT2D eigenvalue weighted by Gasteiger charge is 2.18. The molecular formula is C10H13O2. The largest absolute Gasteiger partial charge is 0.508 e. The normalized spacial score (nSPS) is 11.6. The zero-order valence-corrected chi connectivity index (χ0v) is 7.59. The molecule has 0 saturated heterocycles. The summed E-state index contributed by atoms with van der Waals surface area (Å²) < 4.78 is 0. The zero-order chi connectivity index (χ0) is 9.35. The van der Waals surface area contributed by atoms with Gasteiger partial charge in [0.05, 0.1) is 0 Å². The van der Waals surface area contributed by atoms with Crippen molar-refractivity contribution in [1.82, 2.24) is 0 Å². The zero-order valence-electron chi connectivity index (χ0n) is 7.59. The summed E-state index contributed by atoms with van der Waals surface area (Å²) in [7, 11) is 0. The van der Waals surface area contributed by atoms with E-state index >= 15 is 0 Å². The van der Waals surface area contributed by atoms with Crippen LogP contribution in [0.5, 0.6) is 11.5 Å². The number of hydrogen-bond acceptors (Lipinski definition) is 1. The molecule has 0 aliphatic heterocycles. The van der Waals surface area contributed by atoms with E-state index < -0.39 is 0 Å². The van der Waals surface area contributed by atoms with E-state index in [9.17, 15) is 10.2 Å². The standard InChI is InChI=1S/C10H13O2/c1-10(2,3)8-6-7(11)4-5-9(8)12/h4-6,12H,1-3H3. The molecule has 1 aromatic carbocycles. The first-order valence-corrected chi connectivity index (χ1v) is 3.92. The summed E-state index contributed by atoms with van der Waals surface area (Å²) in [6.45, 7) is 5.88. The molecule has 2 nitrogen and oxygen atoms in total. The van der Waals surface area contributed by atoms with Crippen molar-refractivity contribution in [3.63, 3.8) is 0 Å². The predicted octanol–water partition coefficient (Wildman–Crippen LogP) is 2.83. The minimum atomic E-state index is -0.176. The summed E-state index contributed by atoms with van der Waals surface area (Å²) in [6, 6.07) is 4.29. The van der Waals surface area contributed by atoms with Crippen molar-refractivity contribution in [3.8, 4) is 11.5 Å². The second kappa shape index (κ2) is 2.70. The topological polar surface area (TPSA) is 40.1 Å². The van der Waals surface area contributed by atoms with E-state index in [4.69, 9.17) is 0 Å². The van der Waals surface area contributed by atoms with Gasteiger partial charge >= 0.3 is 0 Å². The first-order valence-electron chi connectivity index (χ1n) is 3.92. The summed E-state index contributed by atoms with van der Waals surface area (Å²) in [5, 5.41) is 20.4. The Bertz CT molecular complexity index is 284. The lowest BCUT2D eigenvalue weighted by Gasteiger charge is -2.19. The molecule has 0 aliphatic carbocycles. The Hall–Kier alpha value is -1.18. The average Bonchev–Trinajstić information content (AvgIpc) is 1.92. The van der Waals surface area contributed by atoms with Crippen LogP contribution in [0.2, 0.25) is 0 Å². The Balaban J connectivity index is 3.23. The fourth-order valence-electron chi connectivity index (χ4n) is 1.12. The van der Waals surface area contributed by atoms with Crippen molar-refractivity contribution in [2.24, 2.45) is 0 Å². The Labute approximate surface area is 72.5 Å². The van der Waals surface area contributed by atoms with Crippen LogP contribution in [0, 0.1) is 0 Å². The molecule has 0 spiro atoms. The molecule has 0 fully saturated rings. The lowest BCUT2D eigenvalue weighted by Crippen LogP contribution is -2.10. The van der Waals surface area contributed by atoms with Crippen LogP contribution in [0.3, 0.4) is 0 Å². The molecular weight excluding hydrogens is 152 g/mol. The van der Waals surface area contributed by atoms with Gasteiger partial charge < -0.3 is 5.11 Å². The molecule has 1 radical (unpaired) electrons. The number of hydrogen-bond donors (Lipinski definition) is 1. The van der Waals surface area contributed by atoms with E-state index in [0.29, 0.717) is 5.56 Å². The summed E-state index contributed by atoms with van der Waals surface area (Å²) in [6.07, 6.45) is 0. The maximum atomic E-state index is 11.0. The number of benzene rings is 1. The number of phenolic OH excluding ortho intramolecular Hbond substituents is 1. The molecule has 0 aromatic heterocycles. The third-order valence-corrected chi connectivity index (χ3v) is 1.78. The Kier molecular flexibility index (Phi) is 2.01. The van der Waals surface area contributed by atoms with Gasteiger partial charge in [-0.2, -0.15) is 0 Å². The van der Waals surface area contributed by atoms with Crippen molar-refractivity contribution >= 4 is 0 Å². The second-order valence-corrected chi connectivity index (χ2v) is 3.93. The molecule has 0 amide bonds. The van der Waals surface area contributed by atoms with Gasteiger partial charge in [0, 0.05) is 5.56 Å². The fraction of sp³-hybridized carbons (Fsp3) is 0.400. The van der Waals surface area contributed by atoms with Gasteiger partial charge in [-0.3, -0.25) is 5.11 Å². The van der Waals surface area contributed by atoms with Crippen molar-refractivity contribution < 1.29 is 10.2 Å². The molecule has 0 saturated carbocycles. The third-order valence-electron chi connectivity index (χ3n) is 1.78. The van der Waals surface area contributed by atoms with Crippen molar-refractivity contribution in [2.45, 2.75) is 26.2 Å². The first kappa shape index (κ1) is 8.91. The van der Waals surface area contributed by atoms with Gasteiger partial charge in [0.25, 0.3) is 0 Å².